The average Bonchev–Trinajstić information content (AvgIpc) is 2.82. The molecule has 2 amide bonds. The van der Waals surface area contributed by atoms with E-state index in [1.807, 2.05) is 42.5 Å². The Bertz CT molecular complexity index is 1040. The zero-order chi connectivity index (χ0) is 22.9. The molecule has 7 heteroatoms. The third-order valence-electron chi connectivity index (χ3n) is 4.97. The van der Waals surface area contributed by atoms with E-state index in [1.54, 1.807) is 43.4 Å². The van der Waals surface area contributed by atoms with E-state index in [9.17, 15) is 9.59 Å². The molecule has 0 bridgehead atoms. The number of carbonyl (C=O) groups excluding carboxylic acids is 2. The van der Waals surface area contributed by atoms with Gasteiger partial charge in [0.2, 0.25) is 5.91 Å². The lowest BCUT2D eigenvalue weighted by atomic mass is 10.0. The molecule has 0 unspecified atom stereocenters. The summed E-state index contributed by atoms with van der Waals surface area (Å²) in [6.07, 6.45) is 0.367. The van der Waals surface area contributed by atoms with E-state index in [0.717, 1.165) is 11.1 Å². The van der Waals surface area contributed by atoms with Gasteiger partial charge in [-0.25, -0.2) is 0 Å². The van der Waals surface area contributed by atoms with Crippen LogP contribution in [0.2, 0.25) is 10.0 Å². The highest BCUT2D eigenvalue weighted by Gasteiger charge is 2.30. The molecule has 3 rings (SSSR count). The molecule has 0 aliphatic heterocycles. The van der Waals surface area contributed by atoms with Gasteiger partial charge in [-0.3, -0.25) is 9.59 Å². The number of ether oxygens (including phenoxy) is 1. The second kappa shape index (κ2) is 11.6. The van der Waals surface area contributed by atoms with Crippen molar-refractivity contribution >= 4 is 35.0 Å². The number of halogens is 2. The van der Waals surface area contributed by atoms with Gasteiger partial charge in [0.1, 0.15) is 11.8 Å². The minimum Gasteiger partial charge on any atom is -0.482 e. The monoisotopic (exact) mass is 470 g/mol. The predicted molar refractivity (Wildman–Crippen MR) is 127 cm³/mol. The fourth-order valence-electron chi connectivity index (χ4n) is 3.29. The predicted octanol–water partition coefficient (Wildman–Crippen LogP) is 4.76. The fourth-order valence-corrected chi connectivity index (χ4v) is 3.61. The van der Waals surface area contributed by atoms with Gasteiger partial charge < -0.3 is 15.0 Å². The van der Waals surface area contributed by atoms with Crippen molar-refractivity contribution in [2.75, 3.05) is 13.7 Å². The van der Waals surface area contributed by atoms with Crippen LogP contribution in [0.5, 0.6) is 5.75 Å². The zero-order valence-corrected chi connectivity index (χ0v) is 19.1. The summed E-state index contributed by atoms with van der Waals surface area (Å²) in [7, 11) is 1.56. The maximum absolute atomic E-state index is 13.3. The molecule has 0 saturated carbocycles. The maximum atomic E-state index is 13.3. The highest BCUT2D eigenvalue weighted by Crippen LogP contribution is 2.23. The van der Waals surface area contributed by atoms with E-state index in [4.69, 9.17) is 27.9 Å². The number of hydrogen-bond donors (Lipinski definition) is 1. The molecule has 0 radical (unpaired) electrons. The number of carbonyl (C=O) groups is 2. The van der Waals surface area contributed by atoms with Crippen molar-refractivity contribution in [3.05, 3.63) is 100 Å². The fraction of sp³-hybridized carbons (Fsp3) is 0.200. The van der Waals surface area contributed by atoms with Crippen molar-refractivity contribution in [2.24, 2.45) is 0 Å². The van der Waals surface area contributed by atoms with Crippen LogP contribution < -0.4 is 10.1 Å². The van der Waals surface area contributed by atoms with Crippen molar-refractivity contribution in [3.8, 4) is 5.75 Å². The molecule has 166 valence electrons. The average molecular weight is 471 g/mol. The van der Waals surface area contributed by atoms with Gasteiger partial charge in [0.05, 0.1) is 5.02 Å². The van der Waals surface area contributed by atoms with Gasteiger partial charge in [0.25, 0.3) is 5.91 Å². The van der Waals surface area contributed by atoms with E-state index in [-0.39, 0.29) is 25.0 Å². The lowest BCUT2D eigenvalue weighted by Gasteiger charge is -2.31. The topological polar surface area (TPSA) is 58.6 Å². The number of amides is 2. The highest BCUT2D eigenvalue weighted by molar-refractivity contribution is 6.32. The van der Waals surface area contributed by atoms with Crippen molar-refractivity contribution < 1.29 is 14.3 Å². The summed E-state index contributed by atoms with van der Waals surface area (Å²) in [6, 6.07) is 23.0. The Balaban J connectivity index is 1.87. The number of likely N-dealkylation sites (N-methyl/N-ethyl adjacent to an activating group) is 1. The number of rotatable bonds is 9. The SMILES string of the molecule is CNC(=O)[C@H](Cc1ccccc1)N(Cc1ccc(Cl)cc1)C(=O)COc1ccccc1Cl. The molecule has 3 aromatic rings. The molecule has 0 aliphatic carbocycles. The number of benzene rings is 3. The molecule has 5 nitrogen and oxygen atoms in total. The quantitative estimate of drug-likeness (QED) is 0.490. The lowest BCUT2D eigenvalue weighted by Crippen LogP contribution is -2.51. The van der Waals surface area contributed by atoms with Crippen molar-refractivity contribution in [3.63, 3.8) is 0 Å². The largest absolute Gasteiger partial charge is 0.482 e. The van der Waals surface area contributed by atoms with Crippen LogP contribution in [0.15, 0.2) is 78.9 Å². The molecule has 0 spiro atoms. The first kappa shape index (κ1) is 23.6. The Morgan fingerprint density at radius 1 is 0.906 bits per heavy atom. The Kier molecular flexibility index (Phi) is 8.54. The van der Waals surface area contributed by atoms with Gasteiger partial charge in [-0.2, -0.15) is 0 Å². The number of para-hydroxylation sites is 1. The van der Waals surface area contributed by atoms with Gasteiger partial charge in [-0.1, -0.05) is 77.8 Å². The molecule has 0 saturated heterocycles. The van der Waals surface area contributed by atoms with Gasteiger partial charge in [0, 0.05) is 25.0 Å². The molecule has 0 heterocycles. The summed E-state index contributed by atoms with van der Waals surface area (Å²) in [5, 5.41) is 3.69. The van der Waals surface area contributed by atoms with Gasteiger partial charge in [-0.15, -0.1) is 0 Å². The van der Waals surface area contributed by atoms with Crippen LogP contribution in [0.4, 0.5) is 0 Å². The number of hydrogen-bond acceptors (Lipinski definition) is 3. The van der Waals surface area contributed by atoms with Crippen LogP contribution in [0.1, 0.15) is 11.1 Å². The van der Waals surface area contributed by atoms with Crippen molar-refractivity contribution in [2.45, 2.75) is 19.0 Å². The zero-order valence-electron chi connectivity index (χ0n) is 17.6. The Labute approximate surface area is 197 Å². The molecule has 3 aromatic carbocycles. The van der Waals surface area contributed by atoms with E-state index < -0.39 is 6.04 Å². The molecular formula is C25H24Cl2N2O3. The minimum absolute atomic E-state index is 0.229. The molecular weight excluding hydrogens is 447 g/mol. The Morgan fingerprint density at radius 2 is 1.56 bits per heavy atom. The number of nitrogens with zero attached hydrogens (tertiary/aromatic N) is 1. The van der Waals surface area contributed by atoms with Crippen LogP contribution in [0.3, 0.4) is 0 Å². The molecule has 0 aromatic heterocycles. The van der Waals surface area contributed by atoms with Crippen LogP contribution in [0.25, 0.3) is 0 Å². The van der Waals surface area contributed by atoms with Gasteiger partial charge in [0.15, 0.2) is 6.61 Å². The van der Waals surface area contributed by atoms with E-state index in [2.05, 4.69) is 5.32 Å². The van der Waals surface area contributed by atoms with Crippen LogP contribution >= 0.6 is 23.2 Å². The maximum Gasteiger partial charge on any atom is 0.261 e. The smallest absolute Gasteiger partial charge is 0.261 e. The summed E-state index contributed by atoms with van der Waals surface area (Å²) in [5.41, 5.74) is 1.80. The first-order valence-electron chi connectivity index (χ1n) is 10.1. The van der Waals surface area contributed by atoms with Crippen molar-refractivity contribution in [1.29, 1.82) is 0 Å². The molecule has 32 heavy (non-hydrogen) atoms. The van der Waals surface area contributed by atoms with Gasteiger partial charge in [-0.05, 0) is 35.4 Å². The Hall–Kier alpha value is -3.02. The third kappa shape index (κ3) is 6.49. The number of nitrogens with one attached hydrogen (secondary N) is 1. The third-order valence-corrected chi connectivity index (χ3v) is 5.54. The first-order chi connectivity index (χ1) is 15.5. The Morgan fingerprint density at radius 3 is 2.22 bits per heavy atom. The summed E-state index contributed by atoms with van der Waals surface area (Å²) in [6.45, 7) is -0.0214. The lowest BCUT2D eigenvalue weighted by molar-refractivity contribution is -0.142. The summed E-state index contributed by atoms with van der Waals surface area (Å²) >= 11 is 12.2. The second-order valence-electron chi connectivity index (χ2n) is 7.19. The first-order valence-corrected chi connectivity index (χ1v) is 10.9. The molecule has 1 atom stereocenters. The molecule has 0 aliphatic rings. The van der Waals surface area contributed by atoms with Gasteiger partial charge >= 0.3 is 0 Å². The van der Waals surface area contributed by atoms with Crippen molar-refractivity contribution in [1.82, 2.24) is 10.2 Å². The van der Waals surface area contributed by atoms with E-state index >= 15 is 0 Å². The van der Waals surface area contributed by atoms with Crippen LogP contribution in [-0.2, 0) is 22.6 Å². The summed E-state index contributed by atoms with van der Waals surface area (Å²) in [4.78, 5) is 27.7. The molecule has 0 fully saturated rings. The minimum atomic E-state index is -0.722. The standard InChI is InChI=1S/C25H24Cl2N2O3/c1-28-25(31)22(15-18-7-3-2-4-8-18)29(16-19-11-13-20(26)14-12-19)24(30)17-32-23-10-6-5-9-21(23)27/h2-14,22H,15-17H2,1H3,(H,28,31)/t22-/m0/s1. The summed E-state index contributed by atoms with van der Waals surface area (Å²) in [5.74, 6) is -0.174. The highest BCUT2D eigenvalue weighted by atomic mass is 35.5. The molecule has 1 N–H and O–H groups in total. The van der Waals surface area contributed by atoms with E-state index in [1.165, 1.54) is 4.90 Å². The summed E-state index contributed by atoms with van der Waals surface area (Å²) < 4.78 is 5.67. The second-order valence-corrected chi connectivity index (χ2v) is 8.03. The van der Waals surface area contributed by atoms with Crippen LogP contribution in [-0.4, -0.2) is 36.4 Å². The van der Waals surface area contributed by atoms with E-state index in [0.29, 0.717) is 22.2 Å². The normalized spacial score (nSPS) is 11.5. The van der Waals surface area contributed by atoms with Crippen LogP contribution in [0, 0.1) is 0 Å².